The van der Waals surface area contributed by atoms with Crippen LogP contribution in [0, 0.1) is 5.92 Å². The number of pyridine rings is 1. The summed E-state index contributed by atoms with van der Waals surface area (Å²) in [4.78, 5) is 26.3. The zero-order valence-corrected chi connectivity index (χ0v) is 8.15. The maximum absolute atomic E-state index is 11.3. The highest BCUT2D eigenvalue weighted by atomic mass is 16.2. The van der Waals surface area contributed by atoms with Gasteiger partial charge in [-0.2, -0.15) is 0 Å². The van der Waals surface area contributed by atoms with Crippen LogP contribution in [-0.4, -0.2) is 16.7 Å². The molecule has 0 radical (unpaired) electrons. The molecule has 0 fully saturated rings. The molecule has 4 heteroatoms. The molecule has 1 amide bonds. The Bertz CT molecular complexity index is 333. The van der Waals surface area contributed by atoms with E-state index in [2.05, 4.69) is 10.3 Å². The zero-order chi connectivity index (χ0) is 10.6. The Kier molecular flexibility index (Phi) is 3.34. The second kappa shape index (κ2) is 4.50. The highest BCUT2D eigenvalue weighted by molar-refractivity contribution is 6.41. The van der Waals surface area contributed by atoms with Crippen molar-refractivity contribution in [3.63, 3.8) is 0 Å². The summed E-state index contributed by atoms with van der Waals surface area (Å²) in [7, 11) is 0. The number of rotatable bonds is 3. The van der Waals surface area contributed by atoms with Gasteiger partial charge in [0, 0.05) is 12.1 Å². The van der Waals surface area contributed by atoms with Gasteiger partial charge in [0.15, 0.2) is 0 Å². The van der Waals surface area contributed by atoms with Crippen molar-refractivity contribution in [2.45, 2.75) is 13.8 Å². The topological polar surface area (TPSA) is 59.1 Å². The molecular weight excluding hydrogens is 180 g/mol. The van der Waals surface area contributed by atoms with Crippen molar-refractivity contribution in [1.82, 2.24) is 4.98 Å². The molecule has 0 aromatic carbocycles. The first-order valence-electron chi connectivity index (χ1n) is 4.36. The summed E-state index contributed by atoms with van der Waals surface area (Å²) in [5.74, 6) is -1.30. The molecule has 74 valence electrons. The highest BCUT2D eigenvalue weighted by Gasteiger charge is 2.17. The Hall–Kier alpha value is -1.71. The Labute approximate surface area is 82.3 Å². The fraction of sp³-hybridized carbons (Fsp3) is 0.300. The first kappa shape index (κ1) is 10.4. The lowest BCUT2D eigenvalue weighted by Crippen LogP contribution is -2.26. The minimum atomic E-state index is -0.590. The minimum absolute atomic E-state index is 0.285. The second-order valence-corrected chi connectivity index (χ2v) is 3.21. The number of carbonyl (C=O) groups excluding carboxylic acids is 2. The van der Waals surface area contributed by atoms with E-state index in [1.807, 2.05) is 0 Å². The van der Waals surface area contributed by atoms with Crippen molar-refractivity contribution in [2.75, 3.05) is 5.32 Å². The molecule has 0 unspecified atom stereocenters. The van der Waals surface area contributed by atoms with Crippen LogP contribution in [0.2, 0.25) is 0 Å². The van der Waals surface area contributed by atoms with Crippen LogP contribution in [0.1, 0.15) is 13.8 Å². The number of Topliss-reactive ketones (excluding diaryl/α,β-unsaturated/α-hetero) is 1. The normalized spacial score (nSPS) is 9.93. The van der Waals surface area contributed by atoms with Crippen LogP contribution in [-0.2, 0) is 9.59 Å². The zero-order valence-electron chi connectivity index (χ0n) is 8.15. The largest absolute Gasteiger partial charge is 0.318 e. The van der Waals surface area contributed by atoms with Crippen LogP contribution >= 0.6 is 0 Å². The molecule has 1 heterocycles. The third-order valence-corrected chi connectivity index (χ3v) is 1.67. The smallest absolute Gasteiger partial charge is 0.292 e. The standard InChI is InChI=1S/C10H12N2O2/c1-7(2)9(13)10(14)12-8-4-3-5-11-6-8/h3-7H,1-2H3,(H,12,14). The third kappa shape index (κ3) is 2.65. The summed E-state index contributed by atoms with van der Waals surface area (Å²) < 4.78 is 0. The number of amides is 1. The van der Waals surface area contributed by atoms with Crippen LogP contribution in [0.5, 0.6) is 0 Å². The number of nitrogens with zero attached hydrogens (tertiary/aromatic N) is 1. The SMILES string of the molecule is CC(C)C(=O)C(=O)Nc1cccnc1. The molecule has 0 spiro atoms. The van der Waals surface area contributed by atoms with E-state index in [9.17, 15) is 9.59 Å². The van der Waals surface area contributed by atoms with Gasteiger partial charge < -0.3 is 5.32 Å². The lowest BCUT2D eigenvalue weighted by atomic mass is 10.1. The molecule has 0 aliphatic carbocycles. The van der Waals surface area contributed by atoms with Crippen molar-refractivity contribution in [1.29, 1.82) is 0 Å². The maximum atomic E-state index is 11.3. The van der Waals surface area contributed by atoms with Gasteiger partial charge in [0.05, 0.1) is 11.9 Å². The van der Waals surface area contributed by atoms with Gasteiger partial charge in [-0.3, -0.25) is 14.6 Å². The number of hydrogen-bond donors (Lipinski definition) is 1. The molecule has 1 N–H and O–H groups in total. The molecule has 0 saturated carbocycles. The van der Waals surface area contributed by atoms with E-state index >= 15 is 0 Å². The number of anilines is 1. The molecule has 0 aliphatic heterocycles. The maximum Gasteiger partial charge on any atom is 0.292 e. The van der Waals surface area contributed by atoms with Crippen molar-refractivity contribution in [3.8, 4) is 0 Å². The molecule has 1 rings (SSSR count). The van der Waals surface area contributed by atoms with Crippen molar-refractivity contribution < 1.29 is 9.59 Å². The molecule has 0 aliphatic rings. The van der Waals surface area contributed by atoms with Crippen molar-refractivity contribution in [3.05, 3.63) is 24.5 Å². The molecule has 0 saturated heterocycles. The number of hydrogen-bond acceptors (Lipinski definition) is 3. The monoisotopic (exact) mass is 192 g/mol. The van der Waals surface area contributed by atoms with Crippen molar-refractivity contribution in [2.24, 2.45) is 5.92 Å². The molecule has 0 bridgehead atoms. The van der Waals surface area contributed by atoms with Gasteiger partial charge >= 0.3 is 0 Å². The number of ketones is 1. The number of nitrogens with one attached hydrogen (secondary N) is 1. The van der Waals surface area contributed by atoms with E-state index in [-0.39, 0.29) is 5.92 Å². The van der Waals surface area contributed by atoms with Crippen molar-refractivity contribution >= 4 is 17.4 Å². The fourth-order valence-corrected chi connectivity index (χ4v) is 0.892. The average molecular weight is 192 g/mol. The Morgan fingerprint density at radius 2 is 2.14 bits per heavy atom. The lowest BCUT2D eigenvalue weighted by Gasteiger charge is -2.04. The number of carbonyl (C=O) groups is 2. The summed E-state index contributed by atoms with van der Waals surface area (Å²) >= 11 is 0. The summed E-state index contributed by atoms with van der Waals surface area (Å²) in [5, 5.41) is 2.47. The van der Waals surface area contributed by atoms with Gasteiger partial charge in [-0.1, -0.05) is 13.8 Å². The predicted molar refractivity (Wildman–Crippen MR) is 52.7 cm³/mol. The lowest BCUT2D eigenvalue weighted by molar-refractivity contribution is -0.136. The Morgan fingerprint density at radius 1 is 1.43 bits per heavy atom. The van der Waals surface area contributed by atoms with Crippen LogP contribution < -0.4 is 5.32 Å². The molecule has 1 aromatic rings. The van der Waals surface area contributed by atoms with Gasteiger partial charge in [0.2, 0.25) is 5.78 Å². The van der Waals surface area contributed by atoms with Gasteiger partial charge in [-0.25, -0.2) is 0 Å². The van der Waals surface area contributed by atoms with Crippen LogP contribution in [0.4, 0.5) is 5.69 Å². The second-order valence-electron chi connectivity index (χ2n) is 3.21. The number of aromatic nitrogens is 1. The Balaban J connectivity index is 2.63. The molecule has 0 atom stereocenters. The summed E-state index contributed by atoms with van der Waals surface area (Å²) in [6.07, 6.45) is 3.09. The predicted octanol–water partition coefficient (Wildman–Crippen LogP) is 1.25. The Morgan fingerprint density at radius 3 is 2.64 bits per heavy atom. The van der Waals surface area contributed by atoms with Crippen LogP contribution in [0.25, 0.3) is 0 Å². The van der Waals surface area contributed by atoms with Crippen LogP contribution in [0.15, 0.2) is 24.5 Å². The summed E-state index contributed by atoms with van der Waals surface area (Å²) in [6.45, 7) is 3.37. The molecule has 14 heavy (non-hydrogen) atoms. The van der Waals surface area contributed by atoms with E-state index in [1.54, 1.807) is 32.2 Å². The van der Waals surface area contributed by atoms with Gasteiger partial charge in [-0.15, -0.1) is 0 Å². The van der Waals surface area contributed by atoms with Gasteiger partial charge in [-0.05, 0) is 12.1 Å². The summed E-state index contributed by atoms with van der Waals surface area (Å²) in [5.41, 5.74) is 0.534. The van der Waals surface area contributed by atoms with Gasteiger partial charge in [0.1, 0.15) is 0 Å². The average Bonchev–Trinajstić information content (AvgIpc) is 2.18. The fourth-order valence-electron chi connectivity index (χ4n) is 0.892. The molecule has 4 nitrogen and oxygen atoms in total. The molecular formula is C10H12N2O2. The van der Waals surface area contributed by atoms with Crippen LogP contribution in [0.3, 0.4) is 0 Å². The first-order chi connectivity index (χ1) is 6.61. The van der Waals surface area contributed by atoms with E-state index in [0.717, 1.165) is 0 Å². The minimum Gasteiger partial charge on any atom is -0.318 e. The van der Waals surface area contributed by atoms with E-state index in [0.29, 0.717) is 5.69 Å². The molecule has 1 aromatic heterocycles. The highest BCUT2D eigenvalue weighted by Crippen LogP contribution is 2.04. The van der Waals surface area contributed by atoms with Gasteiger partial charge in [0.25, 0.3) is 5.91 Å². The van der Waals surface area contributed by atoms with E-state index in [1.165, 1.54) is 6.20 Å². The quantitative estimate of drug-likeness (QED) is 0.733. The van der Waals surface area contributed by atoms with E-state index in [4.69, 9.17) is 0 Å². The van der Waals surface area contributed by atoms with E-state index < -0.39 is 11.7 Å². The first-order valence-corrected chi connectivity index (χ1v) is 4.36. The third-order valence-electron chi connectivity index (χ3n) is 1.67. The summed E-state index contributed by atoms with van der Waals surface area (Å²) in [6, 6.07) is 3.37.